The van der Waals surface area contributed by atoms with Crippen LogP contribution in [0.2, 0.25) is 0 Å². The van der Waals surface area contributed by atoms with Gasteiger partial charge in [-0.3, -0.25) is 9.59 Å². The zero-order valence-corrected chi connectivity index (χ0v) is 17.6. The fourth-order valence-corrected chi connectivity index (χ4v) is 2.61. The number of hydrazone groups is 2. The van der Waals surface area contributed by atoms with Gasteiger partial charge in [0.2, 0.25) is 0 Å². The van der Waals surface area contributed by atoms with Gasteiger partial charge in [-0.2, -0.15) is 10.2 Å². The number of carbonyl (C=O) groups excluding carboxylic acids is 2. The molecule has 8 nitrogen and oxygen atoms in total. The summed E-state index contributed by atoms with van der Waals surface area (Å²) in [5.41, 5.74) is 7.27. The van der Waals surface area contributed by atoms with E-state index >= 15 is 0 Å². The highest BCUT2D eigenvalue weighted by molar-refractivity contribution is 5.98. The molecule has 0 saturated heterocycles. The summed E-state index contributed by atoms with van der Waals surface area (Å²) in [6, 6.07) is 20.6. The molecule has 0 unspecified atom stereocenters. The van der Waals surface area contributed by atoms with Crippen molar-refractivity contribution >= 4 is 24.2 Å². The Balaban J connectivity index is 1.51. The number of rotatable bonds is 8. The van der Waals surface area contributed by atoms with Crippen LogP contribution in [0.5, 0.6) is 11.5 Å². The number of amides is 2. The highest BCUT2D eigenvalue weighted by Gasteiger charge is 2.08. The molecule has 0 aliphatic rings. The number of hydrogen-bond donors (Lipinski definition) is 2. The molecule has 0 aromatic heterocycles. The normalized spacial score (nSPS) is 10.8. The van der Waals surface area contributed by atoms with Crippen molar-refractivity contribution in [1.82, 2.24) is 10.9 Å². The smallest absolute Gasteiger partial charge is 0.271 e. The van der Waals surface area contributed by atoms with Gasteiger partial charge in [0.1, 0.15) is 11.5 Å². The zero-order chi connectivity index (χ0) is 22.8. The third kappa shape index (κ3) is 6.27. The van der Waals surface area contributed by atoms with E-state index in [1.807, 2.05) is 24.3 Å². The first kappa shape index (κ1) is 22.2. The molecular weight excluding hydrogens is 408 g/mol. The van der Waals surface area contributed by atoms with E-state index in [0.717, 1.165) is 22.6 Å². The molecule has 32 heavy (non-hydrogen) atoms. The largest absolute Gasteiger partial charge is 0.497 e. The topological polar surface area (TPSA) is 101 Å². The van der Waals surface area contributed by atoms with Gasteiger partial charge in [0, 0.05) is 11.1 Å². The van der Waals surface area contributed by atoms with Gasteiger partial charge in [-0.05, 0) is 83.9 Å². The molecule has 3 aromatic carbocycles. The molecule has 0 saturated carbocycles. The van der Waals surface area contributed by atoms with Crippen molar-refractivity contribution < 1.29 is 19.1 Å². The lowest BCUT2D eigenvalue weighted by Crippen LogP contribution is -2.19. The molecule has 8 heteroatoms. The zero-order valence-electron chi connectivity index (χ0n) is 17.6. The quantitative estimate of drug-likeness (QED) is 0.423. The van der Waals surface area contributed by atoms with Crippen LogP contribution in [0.15, 0.2) is 83.0 Å². The van der Waals surface area contributed by atoms with Crippen LogP contribution in [0.3, 0.4) is 0 Å². The van der Waals surface area contributed by atoms with Gasteiger partial charge in [0.05, 0.1) is 26.6 Å². The molecule has 0 atom stereocenters. The first-order chi connectivity index (χ1) is 15.6. The van der Waals surface area contributed by atoms with Crippen molar-refractivity contribution in [2.75, 3.05) is 14.2 Å². The number of carbonyl (C=O) groups is 2. The van der Waals surface area contributed by atoms with Gasteiger partial charge in [-0.1, -0.05) is 0 Å². The Morgan fingerprint density at radius 2 is 0.969 bits per heavy atom. The van der Waals surface area contributed by atoms with Crippen LogP contribution < -0.4 is 20.3 Å². The van der Waals surface area contributed by atoms with E-state index in [1.54, 1.807) is 62.8 Å². The molecule has 0 spiro atoms. The number of ether oxygens (including phenoxy) is 2. The maximum absolute atomic E-state index is 12.2. The molecule has 3 aromatic rings. The lowest BCUT2D eigenvalue weighted by atomic mass is 10.1. The van der Waals surface area contributed by atoms with Gasteiger partial charge in [-0.15, -0.1) is 0 Å². The highest BCUT2D eigenvalue weighted by atomic mass is 16.5. The van der Waals surface area contributed by atoms with E-state index in [2.05, 4.69) is 21.1 Å². The Labute approximate surface area is 185 Å². The molecule has 0 aliphatic heterocycles. The summed E-state index contributed by atoms with van der Waals surface area (Å²) in [5.74, 6) is 0.696. The third-order valence-corrected chi connectivity index (χ3v) is 4.40. The van der Waals surface area contributed by atoms with Crippen molar-refractivity contribution in [3.05, 3.63) is 95.1 Å². The summed E-state index contributed by atoms with van der Waals surface area (Å²) in [6.07, 6.45) is 3.06. The van der Waals surface area contributed by atoms with E-state index < -0.39 is 0 Å². The SMILES string of the molecule is COc1ccc(/C=N/NC(=O)c2ccc(C(=O)N/N=C/c3ccc(OC)cc3)cc2)cc1. The number of nitrogens with one attached hydrogen (secondary N) is 2. The van der Waals surface area contributed by atoms with Crippen molar-refractivity contribution in [2.24, 2.45) is 10.2 Å². The fourth-order valence-electron chi connectivity index (χ4n) is 2.61. The highest BCUT2D eigenvalue weighted by Crippen LogP contribution is 2.11. The predicted octanol–water partition coefficient (Wildman–Crippen LogP) is 3.23. The van der Waals surface area contributed by atoms with Crippen LogP contribution in [0, 0.1) is 0 Å². The van der Waals surface area contributed by atoms with Crippen LogP contribution in [-0.2, 0) is 0 Å². The van der Waals surface area contributed by atoms with Crippen LogP contribution >= 0.6 is 0 Å². The molecule has 0 heterocycles. The molecule has 0 bridgehead atoms. The summed E-state index contributed by atoms with van der Waals surface area (Å²) in [5, 5.41) is 7.88. The van der Waals surface area contributed by atoms with Crippen molar-refractivity contribution in [1.29, 1.82) is 0 Å². The van der Waals surface area contributed by atoms with Gasteiger partial charge in [0.15, 0.2) is 0 Å². The minimum atomic E-state index is -0.390. The third-order valence-electron chi connectivity index (χ3n) is 4.40. The minimum Gasteiger partial charge on any atom is -0.497 e. The van der Waals surface area contributed by atoms with Crippen LogP contribution in [0.1, 0.15) is 31.8 Å². The molecule has 162 valence electrons. The van der Waals surface area contributed by atoms with Crippen LogP contribution in [0.25, 0.3) is 0 Å². The van der Waals surface area contributed by atoms with Gasteiger partial charge < -0.3 is 9.47 Å². The fraction of sp³-hybridized carbons (Fsp3) is 0.0833. The maximum Gasteiger partial charge on any atom is 0.271 e. The molecular formula is C24H22N4O4. The van der Waals surface area contributed by atoms with Gasteiger partial charge >= 0.3 is 0 Å². The second-order valence-corrected chi connectivity index (χ2v) is 6.52. The number of hydrogen-bond acceptors (Lipinski definition) is 6. The van der Waals surface area contributed by atoms with E-state index in [0.29, 0.717) is 11.1 Å². The molecule has 2 N–H and O–H groups in total. The average molecular weight is 430 g/mol. The Morgan fingerprint density at radius 1 is 0.625 bits per heavy atom. The van der Waals surface area contributed by atoms with E-state index in [-0.39, 0.29) is 11.8 Å². The number of methoxy groups -OCH3 is 2. The maximum atomic E-state index is 12.2. The van der Waals surface area contributed by atoms with Gasteiger partial charge in [0.25, 0.3) is 11.8 Å². The lowest BCUT2D eigenvalue weighted by Gasteiger charge is -2.03. The van der Waals surface area contributed by atoms with E-state index in [1.165, 1.54) is 12.4 Å². The first-order valence-electron chi connectivity index (χ1n) is 9.64. The minimum absolute atomic E-state index is 0.371. The van der Waals surface area contributed by atoms with Gasteiger partial charge in [-0.25, -0.2) is 10.9 Å². The Bertz CT molecular complexity index is 1020. The summed E-state index contributed by atoms with van der Waals surface area (Å²) in [4.78, 5) is 24.4. The van der Waals surface area contributed by atoms with Crippen molar-refractivity contribution in [3.63, 3.8) is 0 Å². The monoisotopic (exact) mass is 430 g/mol. The lowest BCUT2D eigenvalue weighted by molar-refractivity contribution is 0.0943. The Morgan fingerprint density at radius 3 is 1.28 bits per heavy atom. The van der Waals surface area contributed by atoms with Crippen LogP contribution in [0.4, 0.5) is 0 Å². The van der Waals surface area contributed by atoms with Crippen molar-refractivity contribution in [3.8, 4) is 11.5 Å². The second-order valence-electron chi connectivity index (χ2n) is 6.52. The van der Waals surface area contributed by atoms with E-state index in [4.69, 9.17) is 9.47 Å². The molecule has 0 radical (unpaired) electrons. The standard InChI is InChI=1S/C24H22N4O4/c1-31-21-11-3-17(4-12-21)15-25-27-23(29)19-7-9-20(10-8-19)24(30)28-26-16-18-5-13-22(32-2)14-6-18/h3-16H,1-2H3,(H,27,29)(H,28,30)/b25-15+,26-16+. The van der Waals surface area contributed by atoms with Crippen molar-refractivity contribution in [2.45, 2.75) is 0 Å². The summed E-state index contributed by atoms with van der Waals surface area (Å²) >= 11 is 0. The molecule has 2 amide bonds. The Hall–Kier alpha value is -4.46. The average Bonchev–Trinajstić information content (AvgIpc) is 2.85. The first-order valence-corrected chi connectivity index (χ1v) is 9.64. The second kappa shape index (κ2) is 11.1. The number of benzene rings is 3. The molecule has 0 aliphatic carbocycles. The van der Waals surface area contributed by atoms with Crippen LogP contribution in [-0.4, -0.2) is 38.5 Å². The summed E-state index contributed by atoms with van der Waals surface area (Å²) in [7, 11) is 3.18. The predicted molar refractivity (Wildman–Crippen MR) is 123 cm³/mol. The Kier molecular flexibility index (Phi) is 7.69. The van der Waals surface area contributed by atoms with E-state index in [9.17, 15) is 9.59 Å². The molecule has 0 fully saturated rings. The number of nitrogens with zero attached hydrogens (tertiary/aromatic N) is 2. The summed E-state index contributed by atoms with van der Waals surface area (Å²) in [6.45, 7) is 0. The summed E-state index contributed by atoms with van der Waals surface area (Å²) < 4.78 is 10.2. The molecule has 3 rings (SSSR count).